The van der Waals surface area contributed by atoms with E-state index < -0.39 is 0 Å². The largest absolute Gasteiger partial charge is 0.494 e. The number of methoxy groups -OCH3 is 1. The number of piperazine rings is 3. The third-order valence-corrected chi connectivity index (χ3v) is 6.67. The molecule has 8 heteroatoms. The Morgan fingerprint density at radius 1 is 1.17 bits per heavy atom. The lowest BCUT2D eigenvalue weighted by Crippen LogP contribution is -2.64. The van der Waals surface area contributed by atoms with E-state index in [0.29, 0.717) is 17.8 Å². The Hall–Kier alpha value is -1.90. The standard InChI is InChI=1S/C22H35FN6O/c1-24-22(25-14-19-16-28-9-11-29(19)12-10-28)26-18-5-7-27(8-6-18)15-17-3-4-21(30-2)20(23)13-17/h3-4,13,18-19H,5-12,14-16H2,1-2H3,(H2,24,25,26). The summed E-state index contributed by atoms with van der Waals surface area (Å²) < 4.78 is 18.9. The second-order valence-corrected chi connectivity index (χ2v) is 8.61. The number of nitrogens with zero attached hydrogens (tertiary/aromatic N) is 4. The van der Waals surface area contributed by atoms with Crippen LogP contribution >= 0.6 is 0 Å². The zero-order chi connectivity index (χ0) is 20.9. The molecular formula is C22H35FN6O. The highest BCUT2D eigenvalue weighted by Crippen LogP contribution is 2.20. The van der Waals surface area contributed by atoms with Crippen LogP contribution in [0.15, 0.2) is 23.2 Å². The second kappa shape index (κ2) is 9.94. The summed E-state index contributed by atoms with van der Waals surface area (Å²) in [7, 11) is 3.34. The van der Waals surface area contributed by atoms with Crippen molar-refractivity contribution in [2.45, 2.75) is 31.5 Å². The fourth-order valence-corrected chi connectivity index (χ4v) is 4.82. The summed E-state index contributed by atoms with van der Waals surface area (Å²) in [5, 5.41) is 7.14. The van der Waals surface area contributed by atoms with E-state index >= 15 is 0 Å². The highest BCUT2D eigenvalue weighted by Gasteiger charge is 2.31. The van der Waals surface area contributed by atoms with Gasteiger partial charge in [-0.05, 0) is 30.5 Å². The maximum absolute atomic E-state index is 13.9. The van der Waals surface area contributed by atoms with Crippen LogP contribution in [0.3, 0.4) is 0 Å². The van der Waals surface area contributed by atoms with Crippen molar-refractivity contribution in [3.05, 3.63) is 29.6 Å². The number of fused-ring (bicyclic) bond motifs is 3. The van der Waals surface area contributed by atoms with E-state index in [2.05, 4.69) is 30.3 Å². The van der Waals surface area contributed by atoms with Crippen LogP contribution in [-0.4, -0.2) is 99.3 Å². The molecule has 5 rings (SSSR count). The van der Waals surface area contributed by atoms with E-state index in [0.717, 1.165) is 57.1 Å². The molecule has 4 aliphatic rings. The Kier molecular flexibility index (Phi) is 7.07. The number of likely N-dealkylation sites (tertiary alicyclic amines) is 1. The number of piperidine rings is 1. The van der Waals surface area contributed by atoms with E-state index in [1.807, 2.05) is 13.1 Å². The molecule has 7 nitrogen and oxygen atoms in total. The smallest absolute Gasteiger partial charge is 0.191 e. The van der Waals surface area contributed by atoms with Gasteiger partial charge in [-0.15, -0.1) is 0 Å². The molecular weight excluding hydrogens is 383 g/mol. The lowest BCUT2D eigenvalue weighted by Gasteiger charge is -2.47. The average Bonchev–Trinajstić information content (AvgIpc) is 2.79. The molecule has 0 spiro atoms. The minimum absolute atomic E-state index is 0.291. The zero-order valence-electron chi connectivity index (χ0n) is 18.2. The monoisotopic (exact) mass is 418 g/mol. The first kappa shape index (κ1) is 21.3. The Bertz CT molecular complexity index is 728. The minimum atomic E-state index is -0.291. The van der Waals surface area contributed by atoms with Crippen LogP contribution in [-0.2, 0) is 6.54 Å². The topological polar surface area (TPSA) is 55.4 Å². The van der Waals surface area contributed by atoms with Gasteiger partial charge < -0.3 is 15.4 Å². The van der Waals surface area contributed by atoms with Crippen molar-refractivity contribution in [3.63, 3.8) is 0 Å². The van der Waals surface area contributed by atoms with Crippen LogP contribution in [0.1, 0.15) is 18.4 Å². The molecule has 0 aliphatic carbocycles. The second-order valence-electron chi connectivity index (χ2n) is 8.61. The third kappa shape index (κ3) is 5.22. The molecule has 4 aliphatic heterocycles. The summed E-state index contributed by atoms with van der Waals surface area (Å²) in [6.07, 6.45) is 2.12. The quantitative estimate of drug-likeness (QED) is 0.530. The summed E-state index contributed by atoms with van der Waals surface area (Å²) in [6.45, 7) is 9.67. The molecule has 166 valence electrons. The van der Waals surface area contributed by atoms with E-state index in [1.54, 1.807) is 12.1 Å². The van der Waals surface area contributed by atoms with Gasteiger partial charge in [-0.25, -0.2) is 4.39 Å². The Morgan fingerprint density at radius 2 is 1.93 bits per heavy atom. The average molecular weight is 419 g/mol. The first-order valence-electron chi connectivity index (χ1n) is 11.1. The van der Waals surface area contributed by atoms with Gasteiger partial charge in [0.25, 0.3) is 0 Å². The molecule has 4 heterocycles. The SMILES string of the molecule is CN=C(NCC1CN2CCN1CC2)NC1CCN(Cc2ccc(OC)c(F)c2)CC1. The summed E-state index contributed by atoms with van der Waals surface area (Å²) >= 11 is 0. The number of aliphatic imine (C=N–C) groups is 1. The van der Waals surface area contributed by atoms with E-state index in [4.69, 9.17) is 4.74 Å². The van der Waals surface area contributed by atoms with Gasteiger partial charge in [0.1, 0.15) is 0 Å². The van der Waals surface area contributed by atoms with Crippen molar-refractivity contribution in [3.8, 4) is 5.75 Å². The molecule has 4 fully saturated rings. The molecule has 0 saturated carbocycles. The fourth-order valence-electron chi connectivity index (χ4n) is 4.82. The number of nitrogens with one attached hydrogen (secondary N) is 2. The molecule has 30 heavy (non-hydrogen) atoms. The fraction of sp³-hybridized carbons (Fsp3) is 0.682. The normalized spacial score (nSPS) is 27.8. The molecule has 0 aromatic heterocycles. The van der Waals surface area contributed by atoms with Crippen LogP contribution in [0.5, 0.6) is 5.75 Å². The number of rotatable bonds is 6. The number of hydrogen-bond donors (Lipinski definition) is 2. The number of ether oxygens (including phenoxy) is 1. The molecule has 1 unspecified atom stereocenters. The Balaban J connectivity index is 1.19. The minimum Gasteiger partial charge on any atom is -0.494 e. The number of hydrogen-bond acceptors (Lipinski definition) is 5. The first-order valence-corrected chi connectivity index (χ1v) is 11.1. The van der Waals surface area contributed by atoms with Crippen LogP contribution < -0.4 is 15.4 Å². The maximum Gasteiger partial charge on any atom is 0.191 e. The number of benzene rings is 1. The lowest BCUT2D eigenvalue weighted by molar-refractivity contribution is 0.0154. The maximum atomic E-state index is 13.9. The molecule has 1 aromatic rings. The number of halogens is 1. The molecule has 2 bridgehead atoms. The molecule has 1 atom stereocenters. The van der Waals surface area contributed by atoms with Gasteiger partial charge in [-0.1, -0.05) is 6.07 Å². The van der Waals surface area contributed by atoms with Crippen LogP contribution in [0, 0.1) is 5.82 Å². The Labute approximate surface area is 179 Å². The van der Waals surface area contributed by atoms with Gasteiger partial charge in [0, 0.05) is 78.0 Å². The summed E-state index contributed by atoms with van der Waals surface area (Å²) in [6, 6.07) is 6.24. The van der Waals surface area contributed by atoms with Gasteiger partial charge in [0.2, 0.25) is 0 Å². The predicted octanol–water partition coefficient (Wildman–Crippen LogP) is 0.964. The molecule has 4 saturated heterocycles. The van der Waals surface area contributed by atoms with Crippen molar-refractivity contribution in [1.82, 2.24) is 25.3 Å². The molecule has 0 radical (unpaired) electrons. The van der Waals surface area contributed by atoms with Crippen molar-refractivity contribution < 1.29 is 9.13 Å². The highest BCUT2D eigenvalue weighted by molar-refractivity contribution is 5.80. The zero-order valence-corrected chi connectivity index (χ0v) is 18.2. The first-order chi connectivity index (χ1) is 14.6. The third-order valence-electron chi connectivity index (χ3n) is 6.67. The van der Waals surface area contributed by atoms with Gasteiger partial charge >= 0.3 is 0 Å². The summed E-state index contributed by atoms with van der Waals surface area (Å²) in [5.74, 6) is 0.916. The van der Waals surface area contributed by atoms with Crippen molar-refractivity contribution in [1.29, 1.82) is 0 Å². The predicted molar refractivity (Wildman–Crippen MR) is 118 cm³/mol. The summed E-state index contributed by atoms with van der Waals surface area (Å²) in [5.41, 5.74) is 0.990. The van der Waals surface area contributed by atoms with Crippen molar-refractivity contribution in [2.24, 2.45) is 4.99 Å². The van der Waals surface area contributed by atoms with Crippen LogP contribution in [0.4, 0.5) is 4.39 Å². The molecule has 0 amide bonds. The van der Waals surface area contributed by atoms with Crippen LogP contribution in [0.2, 0.25) is 0 Å². The lowest BCUT2D eigenvalue weighted by atomic mass is 10.0. The summed E-state index contributed by atoms with van der Waals surface area (Å²) in [4.78, 5) is 12.0. The van der Waals surface area contributed by atoms with Gasteiger partial charge in [-0.2, -0.15) is 0 Å². The van der Waals surface area contributed by atoms with Crippen molar-refractivity contribution in [2.75, 3.05) is 66.5 Å². The van der Waals surface area contributed by atoms with Crippen LogP contribution in [0.25, 0.3) is 0 Å². The van der Waals surface area contributed by atoms with Gasteiger partial charge in [-0.3, -0.25) is 19.7 Å². The molecule has 2 N–H and O–H groups in total. The van der Waals surface area contributed by atoms with Gasteiger partial charge in [0.15, 0.2) is 17.5 Å². The van der Waals surface area contributed by atoms with Crippen molar-refractivity contribution >= 4 is 5.96 Å². The molecule has 1 aromatic carbocycles. The Morgan fingerprint density at radius 3 is 2.53 bits per heavy atom. The number of guanidine groups is 1. The van der Waals surface area contributed by atoms with E-state index in [-0.39, 0.29) is 5.82 Å². The van der Waals surface area contributed by atoms with E-state index in [9.17, 15) is 4.39 Å². The van der Waals surface area contributed by atoms with E-state index in [1.165, 1.54) is 33.3 Å². The highest BCUT2D eigenvalue weighted by atomic mass is 19.1. The van der Waals surface area contributed by atoms with Gasteiger partial charge in [0.05, 0.1) is 7.11 Å².